The smallest absolute Gasteiger partial charge is 0.221 e. The number of likely N-dealkylation sites (tertiary alicyclic amines) is 1. The van der Waals surface area contributed by atoms with Crippen molar-refractivity contribution in [1.29, 1.82) is 0 Å². The first kappa shape index (κ1) is 23.2. The van der Waals surface area contributed by atoms with Gasteiger partial charge in [0.05, 0.1) is 12.5 Å². The van der Waals surface area contributed by atoms with E-state index in [1.165, 1.54) is 17.5 Å². The summed E-state index contributed by atoms with van der Waals surface area (Å²) in [5, 5.41) is 6.75. The van der Waals surface area contributed by atoms with Crippen molar-refractivity contribution in [3.05, 3.63) is 35.4 Å². The van der Waals surface area contributed by atoms with Crippen LogP contribution in [0.3, 0.4) is 0 Å². The fraction of sp³-hybridized carbons (Fsp3) is 0.652. The molecule has 1 atom stereocenters. The third-order valence-corrected chi connectivity index (χ3v) is 5.32. The molecule has 4 N–H and O–H groups in total. The Hall–Kier alpha value is -2.08. The molecule has 0 radical (unpaired) electrons. The topological polar surface area (TPSA) is 82.8 Å². The first-order chi connectivity index (χ1) is 14.0. The van der Waals surface area contributed by atoms with Gasteiger partial charge in [-0.3, -0.25) is 9.69 Å². The van der Waals surface area contributed by atoms with Crippen LogP contribution < -0.4 is 16.4 Å². The van der Waals surface area contributed by atoms with Crippen molar-refractivity contribution >= 4 is 11.9 Å². The zero-order valence-electron chi connectivity index (χ0n) is 18.4. The molecule has 1 heterocycles. The van der Waals surface area contributed by atoms with Crippen LogP contribution in [0.25, 0.3) is 0 Å². The number of benzene rings is 1. The molecule has 1 fully saturated rings. The normalized spacial score (nSPS) is 18.1. The molecule has 6 nitrogen and oxygen atoms in total. The van der Waals surface area contributed by atoms with Crippen LogP contribution in [0.5, 0.6) is 0 Å². The number of rotatable bonds is 10. The summed E-state index contributed by atoms with van der Waals surface area (Å²) in [4.78, 5) is 18.6. The van der Waals surface area contributed by atoms with E-state index in [0.29, 0.717) is 6.54 Å². The molecule has 1 aromatic carbocycles. The van der Waals surface area contributed by atoms with Gasteiger partial charge in [0.2, 0.25) is 5.91 Å². The average Bonchev–Trinajstić information content (AvgIpc) is 2.69. The summed E-state index contributed by atoms with van der Waals surface area (Å²) in [5.41, 5.74) is 7.97. The summed E-state index contributed by atoms with van der Waals surface area (Å²) in [6.45, 7) is 11.7. The molecule has 1 saturated heterocycles. The number of nitrogens with one attached hydrogen (secondary N) is 2. The Balaban J connectivity index is 1.89. The minimum atomic E-state index is -0.172. The number of hydrogen-bond acceptors (Lipinski definition) is 3. The summed E-state index contributed by atoms with van der Waals surface area (Å²) >= 11 is 0. The number of aliphatic imine (C=N–C) groups is 1. The number of hydrogen-bond donors (Lipinski definition) is 3. The molecule has 29 heavy (non-hydrogen) atoms. The molecule has 1 aromatic rings. The molecule has 1 aliphatic heterocycles. The Morgan fingerprint density at radius 1 is 1.31 bits per heavy atom. The number of guanidine groups is 1. The maximum atomic E-state index is 11.5. The third kappa shape index (κ3) is 8.86. The largest absolute Gasteiger partial charge is 0.369 e. The fourth-order valence-corrected chi connectivity index (χ4v) is 3.75. The lowest BCUT2D eigenvalue weighted by Crippen LogP contribution is -2.40. The van der Waals surface area contributed by atoms with E-state index in [9.17, 15) is 4.79 Å². The van der Waals surface area contributed by atoms with Gasteiger partial charge >= 0.3 is 0 Å². The lowest BCUT2D eigenvalue weighted by Gasteiger charge is -2.31. The third-order valence-electron chi connectivity index (χ3n) is 5.32. The van der Waals surface area contributed by atoms with Crippen molar-refractivity contribution in [2.24, 2.45) is 22.6 Å². The molecule has 6 heteroatoms. The maximum Gasteiger partial charge on any atom is 0.221 e. The molecule has 0 aliphatic carbocycles. The van der Waals surface area contributed by atoms with Gasteiger partial charge in [0.25, 0.3) is 0 Å². The zero-order chi connectivity index (χ0) is 21.1. The first-order valence-electron chi connectivity index (χ1n) is 11.1. The Bertz CT molecular complexity index is 658. The molecule has 1 amide bonds. The Labute approximate surface area is 176 Å². The van der Waals surface area contributed by atoms with Crippen molar-refractivity contribution in [3.63, 3.8) is 0 Å². The van der Waals surface area contributed by atoms with Gasteiger partial charge in [0.15, 0.2) is 5.96 Å². The van der Waals surface area contributed by atoms with Crippen LogP contribution in [-0.2, 0) is 17.9 Å². The minimum absolute atomic E-state index is 0.0130. The van der Waals surface area contributed by atoms with Crippen LogP contribution >= 0.6 is 0 Å². The Kier molecular flexibility index (Phi) is 9.98. The van der Waals surface area contributed by atoms with Crippen molar-refractivity contribution in [3.8, 4) is 0 Å². The number of nitrogens with two attached hydrogens (primary N) is 1. The second-order valence-corrected chi connectivity index (χ2v) is 8.45. The van der Waals surface area contributed by atoms with Crippen LogP contribution in [-0.4, -0.2) is 42.9 Å². The lowest BCUT2D eigenvalue weighted by molar-refractivity contribution is -0.123. The van der Waals surface area contributed by atoms with Crippen LogP contribution in [0.2, 0.25) is 0 Å². The molecular formula is C23H39N5O. The maximum absolute atomic E-state index is 11.5. The zero-order valence-corrected chi connectivity index (χ0v) is 18.4. The lowest BCUT2D eigenvalue weighted by atomic mass is 9.97. The van der Waals surface area contributed by atoms with Crippen molar-refractivity contribution in [1.82, 2.24) is 15.5 Å². The van der Waals surface area contributed by atoms with Gasteiger partial charge in [-0.05, 0) is 56.2 Å². The molecule has 2 rings (SSSR count). The minimum Gasteiger partial charge on any atom is -0.369 e. The van der Waals surface area contributed by atoms with Gasteiger partial charge in [0.1, 0.15) is 0 Å². The monoisotopic (exact) mass is 401 g/mol. The van der Waals surface area contributed by atoms with Crippen molar-refractivity contribution in [2.45, 2.75) is 59.5 Å². The number of primary amides is 1. The number of amides is 1. The molecular weight excluding hydrogens is 362 g/mol. The highest BCUT2D eigenvalue weighted by molar-refractivity contribution is 5.79. The van der Waals surface area contributed by atoms with E-state index in [1.807, 2.05) is 0 Å². The SMILES string of the molecule is CCNC(=NCc1cccc(CN2CCCC(C(N)=O)C2)c1)NCCCC(C)C. The standard InChI is InChI=1S/C23H39N5O/c1-4-25-23(26-12-6-8-18(2)3)27-15-19-9-5-10-20(14-19)16-28-13-7-11-21(17-28)22(24)29/h5,9-10,14,18,21H,4,6-8,11-13,15-17H2,1-3H3,(H2,24,29)(H2,25,26,27). The van der Waals surface area contributed by atoms with E-state index in [-0.39, 0.29) is 11.8 Å². The Morgan fingerprint density at radius 3 is 2.83 bits per heavy atom. The highest BCUT2D eigenvalue weighted by atomic mass is 16.1. The van der Waals surface area contributed by atoms with Gasteiger partial charge < -0.3 is 16.4 Å². The molecule has 1 aliphatic rings. The molecule has 1 unspecified atom stereocenters. The van der Waals surface area contributed by atoms with E-state index in [2.05, 4.69) is 60.6 Å². The van der Waals surface area contributed by atoms with Gasteiger partial charge in [-0.2, -0.15) is 0 Å². The van der Waals surface area contributed by atoms with Gasteiger partial charge in [0, 0.05) is 26.2 Å². The van der Waals surface area contributed by atoms with Crippen LogP contribution in [0.15, 0.2) is 29.3 Å². The summed E-state index contributed by atoms with van der Waals surface area (Å²) in [7, 11) is 0. The predicted octanol–water partition coefficient (Wildman–Crippen LogP) is 2.88. The fourth-order valence-electron chi connectivity index (χ4n) is 3.75. The summed E-state index contributed by atoms with van der Waals surface area (Å²) in [5.74, 6) is 1.43. The predicted molar refractivity (Wildman–Crippen MR) is 121 cm³/mol. The molecule has 0 bridgehead atoms. The van der Waals surface area contributed by atoms with Crippen molar-refractivity contribution < 1.29 is 4.79 Å². The van der Waals surface area contributed by atoms with E-state index in [1.54, 1.807) is 0 Å². The van der Waals surface area contributed by atoms with Crippen molar-refractivity contribution in [2.75, 3.05) is 26.2 Å². The highest BCUT2D eigenvalue weighted by Gasteiger charge is 2.23. The second kappa shape index (κ2) is 12.5. The second-order valence-electron chi connectivity index (χ2n) is 8.45. The summed E-state index contributed by atoms with van der Waals surface area (Å²) < 4.78 is 0. The number of carbonyl (C=O) groups is 1. The first-order valence-corrected chi connectivity index (χ1v) is 11.1. The number of nitrogens with zero attached hydrogens (tertiary/aromatic N) is 2. The van der Waals surface area contributed by atoms with Crippen LogP contribution in [0.4, 0.5) is 0 Å². The van der Waals surface area contributed by atoms with Gasteiger partial charge in [-0.25, -0.2) is 4.99 Å². The molecule has 0 aromatic heterocycles. The Morgan fingerprint density at radius 2 is 2.10 bits per heavy atom. The molecule has 162 valence electrons. The van der Waals surface area contributed by atoms with E-state index in [0.717, 1.165) is 63.9 Å². The van der Waals surface area contributed by atoms with E-state index >= 15 is 0 Å². The van der Waals surface area contributed by atoms with E-state index < -0.39 is 0 Å². The van der Waals surface area contributed by atoms with Gasteiger partial charge in [-0.1, -0.05) is 38.1 Å². The quantitative estimate of drug-likeness (QED) is 0.320. The summed E-state index contributed by atoms with van der Waals surface area (Å²) in [6, 6.07) is 8.59. The van der Waals surface area contributed by atoms with Gasteiger partial charge in [-0.15, -0.1) is 0 Å². The highest BCUT2D eigenvalue weighted by Crippen LogP contribution is 2.19. The van der Waals surface area contributed by atoms with Crippen LogP contribution in [0, 0.1) is 11.8 Å². The molecule has 0 saturated carbocycles. The van der Waals surface area contributed by atoms with E-state index in [4.69, 9.17) is 10.7 Å². The number of piperidine rings is 1. The number of carbonyl (C=O) groups excluding carboxylic acids is 1. The molecule has 0 spiro atoms. The summed E-state index contributed by atoms with van der Waals surface area (Å²) in [6.07, 6.45) is 4.32. The van der Waals surface area contributed by atoms with Crippen LogP contribution in [0.1, 0.15) is 57.6 Å². The average molecular weight is 402 g/mol.